The summed E-state index contributed by atoms with van der Waals surface area (Å²) < 4.78 is 5.63. The van der Waals surface area contributed by atoms with Crippen molar-refractivity contribution in [3.05, 3.63) is 54.1 Å². The summed E-state index contributed by atoms with van der Waals surface area (Å²) >= 11 is 0. The summed E-state index contributed by atoms with van der Waals surface area (Å²) in [7, 11) is 3.98. The van der Waals surface area contributed by atoms with Gasteiger partial charge in [0.05, 0.1) is 18.2 Å². The molecule has 0 bridgehead atoms. The third-order valence-electron chi connectivity index (χ3n) is 4.87. The Kier molecular flexibility index (Phi) is 6.19. The standard InChI is InChI=1S/C22H27N3O3/c1-4-28-20-8-6-5-7-19(20)25-15-17(13-21(25)26)22(27)23-14-16-9-11-18(12-10-16)24(2)3/h5-12,17H,4,13-15H2,1-3H3,(H,23,27)/t17-/m1/s1. The van der Waals surface area contributed by atoms with Crippen LogP contribution >= 0.6 is 0 Å². The van der Waals surface area contributed by atoms with E-state index in [4.69, 9.17) is 4.74 Å². The average molecular weight is 381 g/mol. The number of hydrogen-bond acceptors (Lipinski definition) is 4. The van der Waals surface area contributed by atoms with E-state index in [0.717, 1.165) is 16.9 Å². The lowest BCUT2D eigenvalue weighted by Crippen LogP contribution is -2.32. The molecule has 3 rings (SSSR count). The highest BCUT2D eigenvalue weighted by Crippen LogP contribution is 2.33. The molecule has 1 heterocycles. The van der Waals surface area contributed by atoms with Crippen molar-refractivity contribution in [1.82, 2.24) is 5.32 Å². The van der Waals surface area contributed by atoms with E-state index in [1.165, 1.54) is 0 Å². The molecule has 1 aliphatic rings. The van der Waals surface area contributed by atoms with E-state index in [-0.39, 0.29) is 24.2 Å². The molecular weight excluding hydrogens is 354 g/mol. The first-order chi connectivity index (χ1) is 13.5. The molecule has 6 heteroatoms. The molecule has 2 aromatic carbocycles. The van der Waals surface area contributed by atoms with Gasteiger partial charge in [0.1, 0.15) is 5.75 Å². The molecule has 1 saturated heterocycles. The fraction of sp³-hybridized carbons (Fsp3) is 0.364. The van der Waals surface area contributed by atoms with E-state index in [9.17, 15) is 9.59 Å². The number of ether oxygens (including phenoxy) is 1. The number of para-hydroxylation sites is 2. The molecule has 2 amide bonds. The second kappa shape index (κ2) is 8.78. The number of benzene rings is 2. The average Bonchev–Trinajstić information content (AvgIpc) is 3.09. The number of hydrogen-bond donors (Lipinski definition) is 1. The van der Waals surface area contributed by atoms with Crippen LogP contribution < -0.4 is 19.9 Å². The quantitative estimate of drug-likeness (QED) is 0.801. The smallest absolute Gasteiger partial charge is 0.227 e. The topological polar surface area (TPSA) is 61.9 Å². The molecule has 0 aromatic heterocycles. The maximum absolute atomic E-state index is 12.6. The Bertz CT molecular complexity index is 833. The zero-order chi connectivity index (χ0) is 20.1. The van der Waals surface area contributed by atoms with E-state index in [1.54, 1.807) is 4.90 Å². The summed E-state index contributed by atoms with van der Waals surface area (Å²) in [4.78, 5) is 28.8. The second-order valence-electron chi connectivity index (χ2n) is 7.08. The molecular formula is C22H27N3O3. The second-order valence-corrected chi connectivity index (χ2v) is 7.08. The fourth-order valence-corrected chi connectivity index (χ4v) is 3.32. The zero-order valence-corrected chi connectivity index (χ0v) is 16.6. The van der Waals surface area contributed by atoms with Crippen LogP contribution in [0.3, 0.4) is 0 Å². The van der Waals surface area contributed by atoms with Crippen LogP contribution in [-0.2, 0) is 16.1 Å². The maximum atomic E-state index is 12.6. The number of carbonyl (C=O) groups is 2. The Morgan fingerprint density at radius 2 is 1.89 bits per heavy atom. The minimum absolute atomic E-state index is 0.0531. The van der Waals surface area contributed by atoms with Crippen molar-refractivity contribution < 1.29 is 14.3 Å². The molecule has 1 atom stereocenters. The fourth-order valence-electron chi connectivity index (χ4n) is 3.32. The van der Waals surface area contributed by atoms with Gasteiger partial charge in [-0.2, -0.15) is 0 Å². The highest BCUT2D eigenvalue weighted by molar-refractivity contribution is 6.01. The van der Waals surface area contributed by atoms with Crippen molar-refractivity contribution in [3.8, 4) is 5.75 Å². The van der Waals surface area contributed by atoms with Gasteiger partial charge in [0.25, 0.3) is 0 Å². The third-order valence-corrected chi connectivity index (χ3v) is 4.87. The molecule has 0 unspecified atom stereocenters. The Morgan fingerprint density at radius 3 is 2.57 bits per heavy atom. The van der Waals surface area contributed by atoms with E-state index >= 15 is 0 Å². The predicted octanol–water partition coefficient (Wildman–Crippen LogP) is 2.82. The van der Waals surface area contributed by atoms with Crippen molar-refractivity contribution in [2.45, 2.75) is 19.9 Å². The van der Waals surface area contributed by atoms with Gasteiger partial charge in [-0.3, -0.25) is 9.59 Å². The molecule has 1 aliphatic heterocycles. The van der Waals surface area contributed by atoms with Gasteiger partial charge in [-0.05, 0) is 36.8 Å². The summed E-state index contributed by atoms with van der Waals surface area (Å²) in [6, 6.07) is 15.5. The third kappa shape index (κ3) is 4.44. The first kappa shape index (κ1) is 19.7. The molecule has 148 valence electrons. The molecule has 0 spiro atoms. The van der Waals surface area contributed by atoms with Gasteiger partial charge in [0.15, 0.2) is 0 Å². The Balaban J connectivity index is 1.61. The largest absolute Gasteiger partial charge is 0.492 e. The van der Waals surface area contributed by atoms with Crippen LogP contribution in [0.4, 0.5) is 11.4 Å². The molecule has 0 saturated carbocycles. The summed E-state index contributed by atoms with van der Waals surface area (Å²) in [6.45, 7) is 3.25. The van der Waals surface area contributed by atoms with Crippen LogP contribution in [0.2, 0.25) is 0 Å². The Morgan fingerprint density at radius 1 is 1.18 bits per heavy atom. The van der Waals surface area contributed by atoms with E-state index in [0.29, 0.717) is 25.4 Å². The Hall–Kier alpha value is -3.02. The normalized spacial score (nSPS) is 16.2. The Labute approximate surface area is 166 Å². The number of amides is 2. The van der Waals surface area contributed by atoms with E-state index in [2.05, 4.69) is 5.32 Å². The van der Waals surface area contributed by atoms with Crippen LogP contribution in [-0.4, -0.2) is 39.1 Å². The SMILES string of the molecule is CCOc1ccccc1N1C[C@H](C(=O)NCc2ccc(N(C)C)cc2)CC1=O. The van der Waals surface area contributed by atoms with Crippen molar-refractivity contribution in [1.29, 1.82) is 0 Å². The molecule has 6 nitrogen and oxygen atoms in total. The lowest BCUT2D eigenvalue weighted by Gasteiger charge is -2.20. The summed E-state index contributed by atoms with van der Waals surface area (Å²) in [6.07, 6.45) is 0.214. The van der Waals surface area contributed by atoms with Crippen LogP contribution in [0, 0.1) is 5.92 Å². The molecule has 1 N–H and O–H groups in total. The number of anilines is 2. The summed E-state index contributed by atoms with van der Waals surface area (Å²) in [5.74, 6) is 0.160. The molecule has 28 heavy (non-hydrogen) atoms. The minimum atomic E-state index is -0.358. The predicted molar refractivity (Wildman–Crippen MR) is 111 cm³/mol. The zero-order valence-electron chi connectivity index (χ0n) is 16.6. The van der Waals surface area contributed by atoms with Crippen molar-refractivity contribution in [2.75, 3.05) is 37.0 Å². The van der Waals surface area contributed by atoms with Crippen LogP contribution in [0.25, 0.3) is 0 Å². The number of nitrogens with one attached hydrogen (secondary N) is 1. The van der Waals surface area contributed by atoms with Gasteiger partial charge in [0, 0.05) is 39.3 Å². The minimum Gasteiger partial charge on any atom is -0.492 e. The van der Waals surface area contributed by atoms with Gasteiger partial charge in [0.2, 0.25) is 11.8 Å². The molecule has 2 aromatic rings. The maximum Gasteiger partial charge on any atom is 0.227 e. The van der Waals surface area contributed by atoms with Gasteiger partial charge in [-0.15, -0.1) is 0 Å². The molecule has 0 radical (unpaired) electrons. The van der Waals surface area contributed by atoms with Gasteiger partial charge < -0.3 is 19.9 Å². The highest BCUT2D eigenvalue weighted by atomic mass is 16.5. The number of rotatable bonds is 7. The van der Waals surface area contributed by atoms with Crippen molar-refractivity contribution >= 4 is 23.2 Å². The number of nitrogens with zero attached hydrogens (tertiary/aromatic N) is 2. The van der Waals surface area contributed by atoms with Crippen molar-refractivity contribution in [3.63, 3.8) is 0 Å². The van der Waals surface area contributed by atoms with E-state index in [1.807, 2.05) is 74.4 Å². The van der Waals surface area contributed by atoms with Gasteiger partial charge >= 0.3 is 0 Å². The molecule has 1 fully saturated rings. The molecule has 0 aliphatic carbocycles. The van der Waals surface area contributed by atoms with Gasteiger partial charge in [-0.25, -0.2) is 0 Å². The van der Waals surface area contributed by atoms with Crippen LogP contribution in [0.5, 0.6) is 5.75 Å². The lowest BCUT2D eigenvalue weighted by molar-refractivity contribution is -0.126. The van der Waals surface area contributed by atoms with Gasteiger partial charge in [-0.1, -0.05) is 24.3 Å². The van der Waals surface area contributed by atoms with Crippen molar-refractivity contribution in [2.24, 2.45) is 5.92 Å². The van der Waals surface area contributed by atoms with Crippen LogP contribution in [0.1, 0.15) is 18.9 Å². The first-order valence-corrected chi connectivity index (χ1v) is 9.55. The van der Waals surface area contributed by atoms with E-state index < -0.39 is 0 Å². The summed E-state index contributed by atoms with van der Waals surface area (Å²) in [5.41, 5.74) is 2.87. The lowest BCUT2D eigenvalue weighted by atomic mass is 10.1. The highest BCUT2D eigenvalue weighted by Gasteiger charge is 2.36. The van der Waals surface area contributed by atoms with Crippen LogP contribution in [0.15, 0.2) is 48.5 Å². The summed E-state index contributed by atoms with van der Waals surface area (Å²) in [5, 5.41) is 2.96. The first-order valence-electron chi connectivity index (χ1n) is 9.55. The monoisotopic (exact) mass is 381 g/mol. The number of carbonyl (C=O) groups excluding carboxylic acids is 2.